The van der Waals surface area contributed by atoms with Gasteiger partial charge in [-0.15, -0.1) is 11.3 Å². The molecule has 2 aliphatic rings. The molecule has 1 fully saturated rings. The third-order valence-corrected chi connectivity index (χ3v) is 8.88. The minimum absolute atomic E-state index is 0.00338. The van der Waals surface area contributed by atoms with E-state index in [2.05, 4.69) is 19.2 Å². The van der Waals surface area contributed by atoms with Gasteiger partial charge in [-0.1, -0.05) is 30.7 Å². The molecule has 32 heavy (non-hydrogen) atoms. The number of benzene rings is 1. The van der Waals surface area contributed by atoms with E-state index in [0.29, 0.717) is 11.2 Å². The summed E-state index contributed by atoms with van der Waals surface area (Å²) in [5.41, 5.74) is 4.34. The van der Waals surface area contributed by atoms with Gasteiger partial charge in [0, 0.05) is 10.9 Å². The third-order valence-electron chi connectivity index (χ3n) is 6.76. The van der Waals surface area contributed by atoms with Gasteiger partial charge in [0.05, 0.1) is 16.8 Å². The first kappa shape index (κ1) is 21.7. The fraction of sp³-hybridized carbons (Fsp3) is 0.480. The van der Waals surface area contributed by atoms with Crippen molar-refractivity contribution in [2.45, 2.75) is 76.4 Å². The number of nitrogens with zero attached hydrogens (tertiary/aromatic N) is 2. The number of nitrogens with one attached hydrogen (secondary N) is 1. The predicted molar refractivity (Wildman–Crippen MR) is 132 cm³/mol. The summed E-state index contributed by atoms with van der Waals surface area (Å²) in [6.07, 6.45) is 8.79. The molecule has 0 atom stereocenters. The molecule has 0 bridgehead atoms. The van der Waals surface area contributed by atoms with E-state index >= 15 is 0 Å². The van der Waals surface area contributed by atoms with Crippen molar-refractivity contribution >= 4 is 39.2 Å². The van der Waals surface area contributed by atoms with Crippen LogP contribution < -0.4 is 10.9 Å². The lowest BCUT2D eigenvalue weighted by Gasteiger charge is -2.15. The SMILES string of the molecule is Cc1ccc(-n2c(SCC(=O)NC3CCCC3)nc3sc4c(c3c2=O)CCCC4)cc1C. The normalized spacial score (nSPS) is 16.4. The van der Waals surface area contributed by atoms with Gasteiger partial charge in [0.1, 0.15) is 4.83 Å². The molecule has 5 nitrogen and oxygen atoms in total. The highest BCUT2D eigenvalue weighted by atomic mass is 32.2. The Morgan fingerprint density at radius 1 is 1.16 bits per heavy atom. The summed E-state index contributed by atoms with van der Waals surface area (Å²) in [7, 11) is 0. The summed E-state index contributed by atoms with van der Waals surface area (Å²) in [6, 6.07) is 6.38. The van der Waals surface area contributed by atoms with E-state index in [1.165, 1.54) is 47.0 Å². The maximum atomic E-state index is 13.8. The van der Waals surface area contributed by atoms with Crippen LogP contribution in [-0.4, -0.2) is 27.3 Å². The number of aryl methyl sites for hydroxylation is 4. The number of carbonyl (C=O) groups excluding carboxylic acids is 1. The predicted octanol–water partition coefficient (Wildman–Crippen LogP) is 5.09. The van der Waals surface area contributed by atoms with Crippen molar-refractivity contribution in [3.63, 3.8) is 0 Å². The first-order valence-corrected chi connectivity index (χ1v) is 13.4. The van der Waals surface area contributed by atoms with Crippen molar-refractivity contribution in [3.8, 4) is 5.69 Å². The van der Waals surface area contributed by atoms with Crippen LogP contribution in [0, 0.1) is 13.8 Å². The van der Waals surface area contributed by atoms with E-state index < -0.39 is 0 Å². The highest BCUT2D eigenvalue weighted by Gasteiger charge is 2.24. The Hall–Kier alpha value is -2.12. The molecule has 0 spiro atoms. The largest absolute Gasteiger partial charge is 0.353 e. The van der Waals surface area contributed by atoms with E-state index in [1.807, 2.05) is 18.2 Å². The fourth-order valence-corrected chi connectivity index (χ4v) is 6.97. The van der Waals surface area contributed by atoms with Crippen LogP contribution in [-0.2, 0) is 17.6 Å². The molecule has 7 heteroatoms. The first-order chi connectivity index (χ1) is 15.5. The van der Waals surface area contributed by atoms with Crippen LogP contribution in [0.1, 0.15) is 60.1 Å². The summed E-state index contributed by atoms with van der Waals surface area (Å²) in [4.78, 5) is 33.5. The van der Waals surface area contributed by atoms with E-state index in [1.54, 1.807) is 15.9 Å². The Labute approximate surface area is 196 Å². The number of thioether (sulfide) groups is 1. The average molecular weight is 468 g/mol. The molecule has 2 heterocycles. The molecule has 1 aromatic carbocycles. The highest BCUT2D eigenvalue weighted by Crippen LogP contribution is 2.35. The van der Waals surface area contributed by atoms with Gasteiger partial charge >= 0.3 is 0 Å². The molecular weight excluding hydrogens is 438 g/mol. The lowest BCUT2D eigenvalue weighted by Crippen LogP contribution is -2.34. The van der Waals surface area contributed by atoms with E-state index in [4.69, 9.17) is 4.98 Å². The Bertz CT molecular complexity index is 1240. The number of hydrogen-bond acceptors (Lipinski definition) is 5. The van der Waals surface area contributed by atoms with Crippen LogP contribution >= 0.6 is 23.1 Å². The Balaban J connectivity index is 1.55. The molecule has 2 aromatic heterocycles. The van der Waals surface area contributed by atoms with Gasteiger partial charge in [-0.3, -0.25) is 14.2 Å². The monoisotopic (exact) mass is 467 g/mol. The van der Waals surface area contributed by atoms with Gasteiger partial charge in [-0.05, 0) is 81.2 Å². The molecule has 5 rings (SSSR count). The average Bonchev–Trinajstić information content (AvgIpc) is 3.41. The zero-order valence-corrected chi connectivity index (χ0v) is 20.3. The van der Waals surface area contributed by atoms with Gasteiger partial charge in [-0.2, -0.15) is 0 Å². The second kappa shape index (κ2) is 9.02. The van der Waals surface area contributed by atoms with Crippen molar-refractivity contribution < 1.29 is 4.79 Å². The van der Waals surface area contributed by atoms with Gasteiger partial charge in [0.2, 0.25) is 5.91 Å². The minimum atomic E-state index is -0.00338. The summed E-state index contributed by atoms with van der Waals surface area (Å²) >= 11 is 3.02. The molecule has 168 valence electrons. The number of thiophene rings is 1. The molecule has 2 aliphatic carbocycles. The molecule has 0 saturated heterocycles. The fourth-order valence-electron chi connectivity index (χ4n) is 4.85. The molecule has 1 N–H and O–H groups in total. The number of carbonyl (C=O) groups is 1. The van der Waals surface area contributed by atoms with Gasteiger partial charge < -0.3 is 5.32 Å². The van der Waals surface area contributed by atoms with Crippen LogP contribution in [0.25, 0.3) is 15.9 Å². The first-order valence-electron chi connectivity index (χ1n) is 11.6. The maximum Gasteiger partial charge on any atom is 0.267 e. The highest BCUT2D eigenvalue weighted by molar-refractivity contribution is 7.99. The van der Waals surface area contributed by atoms with Crippen molar-refractivity contribution in [2.75, 3.05) is 5.75 Å². The zero-order chi connectivity index (χ0) is 22.2. The molecule has 0 unspecified atom stereocenters. The number of amides is 1. The summed E-state index contributed by atoms with van der Waals surface area (Å²) in [5.74, 6) is 0.290. The number of rotatable bonds is 5. The van der Waals surface area contributed by atoms with E-state index in [-0.39, 0.29) is 17.2 Å². The van der Waals surface area contributed by atoms with Crippen LogP contribution in [0.15, 0.2) is 28.2 Å². The van der Waals surface area contributed by atoms with Crippen molar-refractivity contribution in [2.24, 2.45) is 0 Å². The molecule has 3 aromatic rings. The van der Waals surface area contributed by atoms with Crippen LogP contribution in [0.3, 0.4) is 0 Å². The maximum absolute atomic E-state index is 13.8. The lowest BCUT2D eigenvalue weighted by molar-refractivity contribution is -0.119. The minimum Gasteiger partial charge on any atom is -0.353 e. The smallest absolute Gasteiger partial charge is 0.267 e. The Kier molecular flexibility index (Phi) is 6.12. The molecule has 1 saturated carbocycles. The summed E-state index contributed by atoms with van der Waals surface area (Å²) < 4.78 is 1.73. The summed E-state index contributed by atoms with van der Waals surface area (Å²) in [5, 5.41) is 4.53. The second-order valence-electron chi connectivity index (χ2n) is 9.03. The van der Waals surface area contributed by atoms with Crippen molar-refractivity contribution in [1.82, 2.24) is 14.9 Å². The molecular formula is C25H29N3O2S2. The summed E-state index contributed by atoms with van der Waals surface area (Å²) in [6.45, 7) is 4.13. The molecule has 1 amide bonds. The number of fused-ring (bicyclic) bond motifs is 3. The third kappa shape index (κ3) is 4.13. The van der Waals surface area contributed by atoms with Crippen LogP contribution in [0.4, 0.5) is 0 Å². The topological polar surface area (TPSA) is 64.0 Å². The molecule has 0 radical (unpaired) electrons. The number of aromatic nitrogens is 2. The van der Waals surface area contributed by atoms with Crippen molar-refractivity contribution in [3.05, 3.63) is 50.1 Å². The number of hydrogen-bond donors (Lipinski definition) is 1. The second-order valence-corrected chi connectivity index (χ2v) is 11.1. The van der Waals surface area contributed by atoms with E-state index in [0.717, 1.165) is 53.6 Å². The Morgan fingerprint density at radius 3 is 2.72 bits per heavy atom. The van der Waals surface area contributed by atoms with E-state index in [9.17, 15) is 9.59 Å². The van der Waals surface area contributed by atoms with Gasteiger partial charge in [-0.25, -0.2) is 4.98 Å². The lowest BCUT2D eigenvalue weighted by atomic mass is 9.97. The quantitative estimate of drug-likeness (QED) is 0.419. The van der Waals surface area contributed by atoms with Gasteiger partial charge in [0.15, 0.2) is 5.16 Å². The van der Waals surface area contributed by atoms with Crippen LogP contribution in [0.5, 0.6) is 0 Å². The van der Waals surface area contributed by atoms with Crippen LogP contribution in [0.2, 0.25) is 0 Å². The Morgan fingerprint density at radius 2 is 1.94 bits per heavy atom. The van der Waals surface area contributed by atoms with Crippen molar-refractivity contribution in [1.29, 1.82) is 0 Å². The standard InChI is InChI=1S/C25H29N3O2S2/c1-15-11-12-18(13-16(15)2)28-24(30)22-19-9-5-6-10-20(19)32-23(22)27-25(28)31-14-21(29)26-17-7-3-4-8-17/h11-13,17H,3-10,14H2,1-2H3,(H,26,29). The molecule has 0 aliphatic heterocycles. The van der Waals surface area contributed by atoms with Gasteiger partial charge in [0.25, 0.3) is 5.56 Å². The zero-order valence-electron chi connectivity index (χ0n) is 18.7.